The fourth-order valence-electron chi connectivity index (χ4n) is 5.19. The number of esters is 2. The molecule has 52 heavy (non-hydrogen) atoms. The minimum Gasteiger partial charge on any atom is -0.480 e. The van der Waals surface area contributed by atoms with Crippen LogP contribution in [0, 0.1) is 0 Å². The normalized spacial score (nSPS) is 14.2. The van der Waals surface area contributed by atoms with Gasteiger partial charge in [0.2, 0.25) is 0 Å². The van der Waals surface area contributed by atoms with Gasteiger partial charge in [0.05, 0.1) is 13.2 Å². The predicted octanol–water partition coefficient (Wildman–Crippen LogP) is 10.1. The first kappa shape index (κ1) is 49.7. The SMILES string of the molecule is CCCCC/C=C\C/C=C\C/C=C\CCCCCCC(=O)OC[C@H](COP(=O)(O)OC[C@H](N)C(=O)O)OC(=O)CCCCCCCCCCCCC. The van der Waals surface area contributed by atoms with Gasteiger partial charge in [0.25, 0.3) is 0 Å². The zero-order chi connectivity index (χ0) is 38.5. The van der Waals surface area contributed by atoms with Gasteiger partial charge in [-0.05, 0) is 51.4 Å². The molecule has 0 aliphatic heterocycles. The van der Waals surface area contributed by atoms with Gasteiger partial charge in [0.15, 0.2) is 6.10 Å². The molecular weight excluding hydrogens is 685 g/mol. The van der Waals surface area contributed by atoms with Crippen molar-refractivity contribution in [1.29, 1.82) is 0 Å². The standard InChI is InChI=1S/C40H72NO10P/c1-3-5-7-9-11-13-15-16-17-18-19-20-22-23-25-27-29-31-38(42)48-33-36(34-49-52(46,47)50-35-37(41)40(44)45)51-39(43)32-30-28-26-24-21-14-12-10-8-6-4-2/h11,13,16-17,19-20,36-37H,3-10,12,14-15,18,21-35,41H2,1-2H3,(H,44,45)(H,46,47)/b13-11-,17-16-,20-19-/t36-,37+/m1/s1. The Morgan fingerprint density at radius 2 is 1.02 bits per heavy atom. The highest BCUT2D eigenvalue weighted by Crippen LogP contribution is 2.43. The second-order valence-corrected chi connectivity index (χ2v) is 14.9. The number of hydrogen-bond acceptors (Lipinski definition) is 9. The molecule has 0 aromatic heterocycles. The average Bonchev–Trinajstić information content (AvgIpc) is 3.12. The molecule has 0 amide bonds. The van der Waals surface area contributed by atoms with Crippen LogP contribution in [-0.4, -0.2) is 59.9 Å². The van der Waals surface area contributed by atoms with Crippen molar-refractivity contribution in [2.75, 3.05) is 19.8 Å². The number of hydrogen-bond donors (Lipinski definition) is 3. The third-order valence-corrected chi connectivity index (χ3v) is 9.34. The summed E-state index contributed by atoms with van der Waals surface area (Å²) in [7, 11) is -4.71. The Balaban J connectivity index is 4.43. The van der Waals surface area contributed by atoms with E-state index in [0.29, 0.717) is 12.8 Å². The molecular formula is C40H72NO10P. The molecule has 0 bridgehead atoms. The van der Waals surface area contributed by atoms with E-state index >= 15 is 0 Å². The molecule has 0 saturated carbocycles. The molecule has 0 radical (unpaired) electrons. The van der Waals surface area contributed by atoms with Crippen molar-refractivity contribution >= 4 is 25.7 Å². The first-order chi connectivity index (χ1) is 25.1. The number of carbonyl (C=O) groups excluding carboxylic acids is 2. The summed E-state index contributed by atoms with van der Waals surface area (Å²) in [6, 6.07) is -1.52. The van der Waals surface area contributed by atoms with Crippen LogP contribution in [0.15, 0.2) is 36.5 Å². The lowest BCUT2D eigenvalue weighted by molar-refractivity contribution is -0.161. The molecule has 0 aromatic carbocycles. The highest BCUT2D eigenvalue weighted by molar-refractivity contribution is 7.47. The number of ether oxygens (including phenoxy) is 2. The van der Waals surface area contributed by atoms with Gasteiger partial charge >= 0.3 is 25.7 Å². The van der Waals surface area contributed by atoms with Crippen LogP contribution in [-0.2, 0) is 37.5 Å². The van der Waals surface area contributed by atoms with Gasteiger partial charge in [0, 0.05) is 12.8 Å². The molecule has 3 atom stereocenters. The second kappa shape index (κ2) is 35.7. The summed E-state index contributed by atoms with van der Waals surface area (Å²) >= 11 is 0. The molecule has 302 valence electrons. The lowest BCUT2D eigenvalue weighted by Gasteiger charge is -2.20. The monoisotopic (exact) mass is 757 g/mol. The van der Waals surface area contributed by atoms with E-state index in [-0.39, 0.29) is 19.4 Å². The van der Waals surface area contributed by atoms with Crippen LogP contribution in [0.4, 0.5) is 0 Å². The Labute approximate surface area is 314 Å². The van der Waals surface area contributed by atoms with Gasteiger partial charge in [-0.3, -0.25) is 23.4 Å². The number of allylic oxidation sites excluding steroid dienone is 6. The molecule has 0 rings (SSSR count). The van der Waals surface area contributed by atoms with E-state index in [1.54, 1.807) is 0 Å². The lowest BCUT2D eigenvalue weighted by Crippen LogP contribution is -2.34. The topological polar surface area (TPSA) is 172 Å². The summed E-state index contributed by atoms with van der Waals surface area (Å²) in [5.41, 5.74) is 5.32. The number of phosphoric acid groups is 1. The van der Waals surface area contributed by atoms with Crippen molar-refractivity contribution < 1.29 is 47.5 Å². The van der Waals surface area contributed by atoms with Crippen LogP contribution >= 0.6 is 7.82 Å². The lowest BCUT2D eigenvalue weighted by atomic mass is 10.1. The zero-order valence-electron chi connectivity index (χ0n) is 32.4. The number of carboxylic acids is 1. The van der Waals surface area contributed by atoms with Crippen molar-refractivity contribution in [2.24, 2.45) is 5.73 Å². The molecule has 0 aliphatic rings. The van der Waals surface area contributed by atoms with Gasteiger partial charge in [-0.1, -0.05) is 140 Å². The number of carboxylic acid groups (broad SMARTS) is 1. The van der Waals surface area contributed by atoms with Crippen molar-refractivity contribution in [1.82, 2.24) is 0 Å². The number of unbranched alkanes of at least 4 members (excludes halogenated alkanes) is 17. The van der Waals surface area contributed by atoms with Gasteiger partial charge < -0.3 is 25.2 Å². The maximum atomic E-state index is 12.5. The summed E-state index contributed by atoms with van der Waals surface area (Å²) in [5.74, 6) is -2.41. The van der Waals surface area contributed by atoms with Crippen molar-refractivity contribution in [3.05, 3.63) is 36.5 Å². The molecule has 0 heterocycles. The summed E-state index contributed by atoms with van der Waals surface area (Å²) in [6.07, 6.45) is 36.4. The minimum atomic E-state index is -4.71. The Bertz CT molecular complexity index is 1030. The fraction of sp³-hybridized carbons (Fsp3) is 0.775. The Morgan fingerprint density at radius 3 is 1.56 bits per heavy atom. The zero-order valence-corrected chi connectivity index (χ0v) is 33.3. The summed E-state index contributed by atoms with van der Waals surface area (Å²) < 4.78 is 32.6. The quantitative estimate of drug-likeness (QED) is 0.0238. The van der Waals surface area contributed by atoms with Crippen LogP contribution in [0.1, 0.15) is 168 Å². The van der Waals surface area contributed by atoms with E-state index in [4.69, 9.17) is 24.8 Å². The number of phosphoric ester groups is 1. The molecule has 0 spiro atoms. The van der Waals surface area contributed by atoms with Gasteiger partial charge in [-0.2, -0.15) is 0 Å². The molecule has 0 saturated heterocycles. The maximum Gasteiger partial charge on any atom is 0.472 e. The fourth-order valence-corrected chi connectivity index (χ4v) is 5.97. The van der Waals surface area contributed by atoms with E-state index in [1.807, 2.05) is 0 Å². The number of rotatable bonds is 37. The van der Waals surface area contributed by atoms with Crippen LogP contribution in [0.25, 0.3) is 0 Å². The number of nitrogens with two attached hydrogens (primary N) is 1. The minimum absolute atomic E-state index is 0.158. The second-order valence-electron chi connectivity index (χ2n) is 13.4. The number of carbonyl (C=O) groups is 3. The summed E-state index contributed by atoms with van der Waals surface area (Å²) in [4.78, 5) is 45.8. The third-order valence-electron chi connectivity index (χ3n) is 8.39. The first-order valence-corrected chi connectivity index (χ1v) is 21.5. The summed E-state index contributed by atoms with van der Waals surface area (Å²) in [6.45, 7) is 2.73. The van der Waals surface area contributed by atoms with Crippen LogP contribution in [0.3, 0.4) is 0 Å². The van der Waals surface area contributed by atoms with E-state index < -0.39 is 51.1 Å². The van der Waals surface area contributed by atoms with Gasteiger partial charge in [-0.15, -0.1) is 0 Å². The Kier molecular flexibility index (Phi) is 34.1. The van der Waals surface area contributed by atoms with Gasteiger partial charge in [-0.25, -0.2) is 4.57 Å². The van der Waals surface area contributed by atoms with E-state index in [1.165, 1.54) is 70.6 Å². The predicted molar refractivity (Wildman–Crippen MR) is 208 cm³/mol. The van der Waals surface area contributed by atoms with E-state index in [0.717, 1.165) is 57.8 Å². The molecule has 4 N–H and O–H groups in total. The van der Waals surface area contributed by atoms with Crippen molar-refractivity contribution in [3.63, 3.8) is 0 Å². The van der Waals surface area contributed by atoms with Crippen LogP contribution in [0.5, 0.6) is 0 Å². The first-order valence-electron chi connectivity index (χ1n) is 20.0. The average molecular weight is 758 g/mol. The molecule has 1 unspecified atom stereocenters. The Hall–Kier alpha value is -2.30. The van der Waals surface area contributed by atoms with Crippen LogP contribution < -0.4 is 5.73 Å². The van der Waals surface area contributed by atoms with E-state index in [9.17, 15) is 23.8 Å². The summed E-state index contributed by atoms with van der Waals surface area (Å²) in [5, 5.41) is 8.86. The van der Waals surface area contributed by atoms with Crippen molar-refractivity contribution in [2.45, 2.75) is 180 Å². The van der Waals surface area contributed by atoms with Crippen molar-refractivity contribution in [3.8, 4) is 0 Å². The molecule has 0 aromatic rings. The van der Waals surface area contributed by atoms with Gasteiger partial charge in [0.1, 0.15) is 12.6 Å². The highest BCUT2D eigenvalue weighted by Gasteiger charge is 2.28. The third kappa shape index (κ3) is 34.8. The smallest absolute Gasteiger partial charge is 0.472 e. The molecule has 12 heteroatoms. The van der Waals surface area contributed by atoms with Crippen LogP contribution in [0.2, 0.25) is 0 Å². The Morgan fingerprint density at radius 1 is 0.596 bits per heavy atom. The number of aliphatic carboxylic acids is 1. The maximum absolute atomic E-state index is 12.5. The molecule has 11 nitrogen and oxygen atoms in total. The molecule has 0 aliphatic carbocycles. The molecule has 0 fully saturated rings. The largest absolute Gasteiger partial charge is 0.480 e. The van der Waals surface area contributed by atoms with E-state index in [2.05, 4.69) is 54.8 Å². The highest BCUT2D eigenvalue weighted by atomic mass is 31.2.